The van der Waals surface area contributed by atoms with Gasteiger partial charge < -0.3 is 10.2 Å². The third-order valence-electron chi connectivity index (χ3n) is 6.30. The molecule has 0 spiro atoms. The number of benzene rings is 2. The molecule has 0 saturated carbocycles. The van der Waals surface area contributed by atoms with Crippen molar-refractivity contribution in [3.63, 3.8) is 0 Å². The van der Waals surface area contributed by atoms with E-state index in [0.29, 0.717) is 12.2 Å². The maximum absolute atomic E-state index is 13.1. The Kier molecular flexibility index (Phi) is 4.23. The van der Waals surface area contributed by atoms with Crippen molar-refractivity contribution in [2.24, 2.45) is 0 Å². The molecule has 0 bridgehead atoms. The summed E-state index contributed by atoms with van der Waals surface area (Å²) in [5.74, 6) is 0.644. The van der Waals surface area contributed by atoms with Crippen LogP contribution in [-0.4, -0.2) is 28.5 Å². The number of hydrogen-bond acceptors (Lipinski definition) is 3. The summed E-state index contributed by atoms with van der Waals surface area (Å²) in [6, 6.07) is 14.2. The average Bonchev–Trinajstić information content (AvgIpc) is 3.38. The normalized spacial score (nSPS) is 25.7. The van der Waals surface area contributed by atoms with Gasteiger partial charge in [0.25, 0.3) is 0 Å². The monoisotopic (exact) mass is 392 g/mol. The second-order valence-electron chi connectivity index (χ2n) is 8.07. The average molecular weight is 393 g/mol. The van der Waals surface area contributed by atoms with Crippen LogP contribution in [0, 0.1) is 6.92 Å². The number of carbonyl (C=O) groups excluding carboxylic acids is 2. The van der Waals surface area contributed by atoms with Gasteiger partial charge in [-0.05, 0) is 61.4 Å². The zero-order valence-corrected chi connectivity index (χ0v) is 16.8. The fourth-order valence-corrected chi connectivity index (χ4v) is 6.48. The second-order valence-corrected chi connectivity index (χ2v) is 9.36. The lowest BCUT2D eigenvalue weighted by Crippen LogP contribution is -2.48. The van der Waals surface area contributed by atoms with Gasteiger partial charge in [0.15, 0.2) is 0 Å². The molecular formula is C23H24N2O2S. The summed E-state index contributed by atoms with van der Waals surface area (Å²) in [4.78, 5) is 27.3. The summed E-state index contributed by atoms with van der Waals surface area (Å²) < 4.78 is 0. The van der Waals surface area contributed by atoms with Crippen molar-refractivity contribution in [1.29, 1.82) is 0 Å². The minimum absolute atomic E-state index is 0.0744. The molecule has 28 heavy (non-hydrogen) atoms. The second kappa shape index (κ2) is 6.66. The zero-order valence-electron chi connectivity index (χ0n) is 16.0. The molecule has 2 atom stereocenters. The van der Waals surface area contributed by atoms with E-state index in [0.717, 1.165) is 30.5 Å². The molecule has 1 N–H and O–H groups in total. The van der Waals surface area contributed by atoms with E-state index >= 15 is 0 Å². The van der Waals surface area contributed by atoms with Gasteiger partial charge in [0.2, 0.25) is 11.8 Å². The summed E-state index contributed by atoms with van der Waals surface area (Å²) in [6.45, 7) is 2.06. The Bertz CT molecular complexity index is 956. The summed E-state index contributed by atoms with van der Waals surface area (Å²) in [5.41, 5.74) is 5.90. The minimum atomic E-state index is -0.422. The Labute approximate surface area is 169 Å². The van der Waals surface area contributed by atoms with Gasteiger partial charge in [0, 0.05) is 17.9 Å². The maximum atomic E-state index is 13.1. The van der Waals surface area contributed by atoms with Crippen LogP contribution < -0.4 is 5.32 Å². The van der Waals surface area contributed by atoms with Gasteiger partial charge in [0.05, 0.1) is 0 Å². The number of aryl methyl sites for hydroxylation is 3. The largest absolute Gasteiger partial charge is 0.324 e. The SMILES string of the molecule is Cc1ccc(C23CCC(=O)N2C(C(=O)Nc2ccc4c(c2)CCC4)CS3)cc1. The Morgan fingerprint density at radius 1 is 1.11 bits per heavy atom. The van der Waals surface area contributed by atoms with Crippen molar-refractivity contribution in [3.05, 3.63) is 64.7 Å². The molecule has 144 valence electrons. The first kappa shape index (κ1) is 17.8. The molecule has 5 rings (SSSR count). The first-order chi connectivity index (χ1) is 13.6. The van der Waals surface area contributed by atoms with Crippen LogP contribution in [0.5, 0.6) is 0 Å². The minimum Gasteiger partial charge on any atom is -0.324 e. The lowest BCUT2D eigenvalue weighted by atomic mass is 10.0. The molecular weight excluding hydrogens is 368 g/mol. The molecule has 2 aromatic rings. The molecule has 2 heterocycles. The standard InChI is InChI=1S/C23H24N2O2S/c1-15-5-8-18(9-6-15)23-12-11-21(26)25(23)20(14-28-23)22(27)24-19-10-7-16-3-2-4-17(16)13-19/h5-10,13,20H,2-4,11-12,14H2,1H3,(H,24,27). The van der Waals surface area contributed by atoms with E-state index < -0.39 is 10.9 Å². The predicted octanol–water partition coefficient (Wildman–Crippen LogP) is 4.01. The summed E-state index contributed by atoms with van der Waals surface area (Å²) in [6.07, 6.45) is 4.67. The quantitative estimate of drug-likeness (QED) is 0.859. The van der Waals surface area contributed by atoms with Crippen molar-refractivity contribution in [1.82, 2.24) is 4.90 Å². The topological polar surface area (TPSA) is 49.4 Å². The zero-order chi connectivity index (χ0) is 19.3. The molecule has 2 unspecified atom stereocenters. The molecule has 0 radical (unpaired) electrons. The van der Waals surface area contributed by atoms with Crippen LogP contribution in [0.3, 0.4) is 0 Å². The smallest absolute Gasteiger partial charge is 0.248 e. The fraction of sp³-hybridized carbons (Fsp3) is 0.391. The number of anilines is 1. The predicted molar refractivity (Wildman–Crippen MR) is 112 cm³/mol. The van der Waals surface area contributed by atoms with E-state index in [2.05, 4.69) is 48.6 Å². The highest BCUT2D eigenvalue weighted by Crippen LogP contribution is 2.54. The van der Waals surface area contributed by atoms with Gasteiger partial charge in [0.1, 0.15) is 10.9 Å². The van der Waals surface area contributed by atoms with Crippen LogP contribution in [0.2, 0.25) is 0 Å². The summed E-state index contributed by atoms with van der Waals surface area (Å²) in [7, 11) is 0. The van der Waals surface area contributed by atoms with E-state index in [9.17, 15) is 9.59 Å². The molecule has 2 fully saturated rings. The Morgan fingerprint density at radius 2 is 1.89 bits per heavy atom. The Hall–Kier alpha value is -2.27. The number of nitrogens with one attached hydrogen (secondary N) is 1. The van der Waals surface area contributed by atoms with Crippen molar-refractivity contribution >= 4 is 29.3 Å². The number of carbonyl (C=O) groups is 2. The molecule has 3 aliphatic rings. The lowest BCUT2D eigenvalue weighted by Gasteiger charge is -2.34. The van der Waals surface area contributed by atoms with Crippen molar-refractivity contribution in [2.75, 3.05) is 11.1 Å². The number of hydrogen-bond donors (Lipinski definition) is 1. The first-order valence-corrected chi connectivity index (χ1v) is 11.0. The van der Waals surface area contributed by atoms with E-state index in [1.54, 1.807) is 11.8 Å². The number of rotatable bonds is 3. The number of nitrogens with zero attached hydrogens (tertiary/aromatic N) is 1. The van der Waals surface area contributed by atoms with Crippen LogP contribution in [0.25, 0.3) is 0 Å². The molecule has 5 heteroatoms. The molecule has 0 aromatic heterocycles. The molecule has 1 aliphatic carbocycles. The highest BCUT2D eigenvalue weighted by molar-refractivity contribution is 8.00. The number of thioether (sulfide) groups is 1. The van der Waals surface area contributed by atoms with Crippen LogP contribution in [-0.2, 0) is 27.3 Å². The lowest BCUT2D eigenvalue weighted by molar-refractivity contribution is -0.136. The van der Waals surface area contributed by atoms with Gasteiger partial charge in [-0.25, -0.2) is 0 Å². The van der Waals surface area contributed by atoms with Gasteiger partial charge >= 0.3 is 0 Å². The highest BCUT2D eigenvalue weighted by atomic mass is 32.2. The van der Waals surface area contributed by atoms with Crippen molar-refractivity contribution in [2.45, 2.75) is 49.9 Å². The number of amides is 2. The number of fused-ring (bicyclic) bond motifs is 2. The van der Waals surface area contributed by atoms with Gasteiger partial charge in [-0.3, -0.25) is 9.59 Å². The summed E-state index contributed by atoms with van der Waals surface area (Å²) >= 11 is 1.73. The molecule has 4 nitrogen and oxygen atoms in total. The third-order valence-corrected chi connectivity index (χ3v) is 7.90. The molecule has 2 amide bonds. The highest BCUT2D eigenvalue weighted by Gasteiger charge is 2.56. The van der Waals surface area contributed by atoms with Crippen LogP contribution >= 0.6 is 11.8 Å². The van der Waals surface area contributed by atoms with Crippen molar-refractivity contribution < 1.29 is 9.59 Å². The Morgan fingerprint density at radius 3 is 2.71 bits per heavy atom. The Balaban J connectivity index is 1.40. The third kappa shape index (κ3) is 2.75. The molecule has 2 aromatic carbocycles. The fourth-order valence-electron chi connectivity index (χ4n) is 4.83. The van der Waals surface area contributed by atoms with Crippen LogP contribution in [0.15, 0.2) is 42.5 Å². The van der Waals surface area contributed by atoms with Crippen LogP contribution in [0.4, 0.5) is 5.69 Å². The maximum Gasteiger partial charge on any atom is 0.248 e. The van der Waals surface area contributed by atoms with Gasteiger partial charge in [-0.1, -0.05) is 35.9 Å². The van der Waals surface area contributed by atoms with E-state index in [1.807, 2.05) is 11.0 Å². The first-order valence-electron chi connectivity index (χ1n) is 10.0. The van der Waals surface area contributed by atoms with E-state index in [1.165, 1.54) is 23.1 Å². The molecule has 2 saturated heterocycles. The van der Waals surface area contributed by atoms with E-state index in [4.69, 9.17) is 0 Å². The van der Waals surface area contributed by atoms with Crippen molar-refractivity contribution in [3.8, 4) is 0 Å². The van der Waals surface area contributed by atoms with E-state index in [-0.39, 0.29) is 11.8 Å². The van der Waals surface area contributed by atoms with Crippen LogP contribution in [0.1, 0.15) is 41.5 Å². The molecule has 2 aliphatic heterocycles. The summed E-state index contributed by atoms with van der Waals surface area (Å²) in [5, 5.41) is 3.08. The van der Waals surface area contributed by atoms with Gasteiger partial charge in [-0.15, -0.1) is 11.8 Å². The van der Waals surface area contributed by atoms with Gasteiger partial charge in [-0.2, -0.15) is 0 Å².